The Labute approximate surface area is 143 Å². The second kappa shape index (κ2) is 7.42. The van der Waals surface area contributed by atoms with E-state index >= 15 is 0 Å². The van der Waals surface area contributed by atoms with E-state index in [1.165, 1.54) is 0 Å². The van der Waals surface area contributed by atoms with E-state index in [0.717, 1.165) is 18.4 Å². The maximum Gasteiger partial charge on any atom is 0.280 e. The first-order valence-electron chi connectivity index (χ1n) is 8.29. The molecule has 0 radical (unpaired) electrons. The van der Waals surface area contributed by atoms with Gasteiger partial charge in [0.05, 0.1) is 11.7 Å². The Hall–Kier alpha value is -1.76. The summed E-state index contributed by atoms with van der Waals surface area (Å²) < 4.78 is 30.1. The van der Waals surface area contributed by atoms with Crippen LogP contribution in [0.1, 0.15) is 37.1 Å². The van der Waals surface area contributed by atoms with Gasteiger partial charge in [0.25, 0.3) is 10.2 Å². The number of nitrogens with one attached hydrogen (secondary N) is 1. The van der Waals surface area contributed by atoms with Gasteiger partial charge in [-0.05, 0) is 36.5 Å². The van der Waals surface area contributed by atoms with Crippen LogP contribution in [0.2, 0.25) is 0 Å². The Bertz CT molecular complexity index is 703. The molecule has 1 aliphatic rings. The van der Waals surface area contributed by atoms with Crippen LogP contribution < -0.4 is 4.72 Å². The van der Waals surface area contributed by atoms with Crippen molar-refractivity contribution in [3.8, 4) is 0 Å². The molecule has 2 aromatic rings. The van der Waals surface area contributed by atoms with E-state index in [1.807, 2.05) is 48.5 Å². The second-order valence-electron chi connectivity index (χ2n) is 6.30. The Morgan fingerprint density at radius 1 is 1.08 bits per heavy atom. The van der Waals surface area contributed by atoms with E-state index in [4.69, 9.17) is 0 Å². The lowest BCUT2D eigenvalue weighted by molar-refractivity contribution is 0.284. The lowest BCUT2D eigenvalue weighted by Gasteiger charge is -2.31. The van der Waals surface area contributed by atoms with E-state index in [0.29, 0.717) is 24.7 Å². The molecule has 1 aliphatic heterocycles. The third-order valence-electron chi connectivity index (χ3n) is 4.47. The van der Waals surface area contributed by atoms with E-state index in [2.05, 4.69) is 16.6 Å². The van der Waals surface area contributed by atoms with Gasteiger partial charge in [-0.3, -0.25) is 4.98 Å². The zero-order valence-electron chi connectivity index (χ0n) is 13.8. The highest BCUT2D eigenvalue weighted by atomic mass is 32.2. The number of rotatable bonds is 5. The molecule has 0 unspecified atom stereocenters. The molecule has 5 nitrogen and oxygen atoms in total. The maximum absolute atomic E-state index is 12.8. The molecule has 1 fully saturated rings. The molecule has 1 N–H and O–H groups in total. The van der Waals surface area contributed by atoms with Gasteiger partial charge in [-0.1, -0.05) is 43.3 Å². The van der Waals surface area contributed by atoms with Gasteiger partial charge in [0.15, 0.2) is 0 Å². The molecule has 0 aliphatic carbocycles. The number of pyridine rings is 1. The summed E-state index contributed by atoms with van der Waals surface area (Å²) in [6, 6.07) is 14.6. The van der Waals surface area contributed by atoms with Crippen LogP contribution in [0.4, 0.5) is 0 Å². The highest BCUT2D eigenvalue weighted by molar-refractivity contribution is 7.87. The first-order chi connectivity index (χ1) is 11.6. The largest absolute Gasteiger partial charge is 0.280 e. The van der Waals surface area contributed by atoms with Gasteiger partial charge in [0.2, 0.25) is 0 Å². The summed E-state index contributed by atoms with van der Waals surface area (Å²) in [5.74, 6) is 0.581. The molecule has 6 heteroatoms. The van der Waals surface area contributed by atoms with Crippen molar-refractivity contribution < 1.29 is 8.42 Å². The molecule has 128 valence electrons. The lowest BCUT2D eigenvalue weighted by Crippen LogP contribution is -2.46. The summed E-state index contributed by atoms with van der Waals surface area (Å²) in [5.41, 5.74) is 1.57. The van der Waals surface area contributed by atoms with Crippen molar-refractivity contribution in [3.63, 3.8) is 0 Å². The van der Waals surface area contributed by atoms with Gasteiger partial charge < -0.3 is 0 Å². The Morgan fingerprint density at radius 2 is 1.75 bits per heavy atom. The van der Waals surface area contributed by atoms with Crippen LogP contribution in [0, 0.1) is 5.92 Å². The molecule has 1 saturated heterocycles. The molecule has 0 amide bonds. The van der Waals surface area contributed by atoms with E-state index < -0.39 is 16.3 Å². The highest BCUT2D eigenvalue weighted by Gasteiger charge is 2.30. The first-order valence-corrected chi connectivity index (χ1v) is 9.73. The van der Waals surface area contributed by atoms with Crippen LogP contribution in [0.15, 0.2) is 54.7 Å². The molecule has 0 saturated carbocycles. The summed E-state index contributed by atoms with van der Waals surface area (Å²) in [6.07, 6.45) is 3.49. The quantitative estimate of drug-likeness (QED) is 0.906. The summed E-state index contributed by atoms with van der Waals surface area (Å²) in [5, 5.41) is 0. The predicted octanol–water partition coefficient (Wildman–Crippen LogP) is 2.74. The van der Waals surface area contributed by atoms with Crippen molar-refractivity contribution >= 4 is 10.2 Å². The lowest BCUT2D eigenvalue weighted by atomic mass is 10.0. The SMILES string of the molecule is CC1CCN(S(=O)(=O)N[C@@H](c2ccccc2)c2ccccn2)CC1. The zero-order valence-corrected chi connectivity index (χ0v) is 14.6. The first kappa shape index (κ1) is 17.1. The van der Waals surface area contributed by atoms with Crippen LogP contribution in [-0.2, 0) is 10.2 Å². The van der Waals surface area contributed by atoms with Gasteiger partial charge >= 0.3 is 0 Å². The number of hydrogen-bond donors (Lipinski definition) is 1. The fraction of sp³-hybridized carbons (Fsp3) is 0.389. The summed E-state index contributed by atoms with van der Waals surface area (Å²) in [7, 11) is -3.56. The van der Waals surface area contributed by atoms with Gasteiger partial charge in [-0.15, -0.1) is 0 Å². The van der Waals surface area contributed by atoms with Crippen LogP contribution in [0.5, 0.6) is 0 Å². The molecule has 1 aromatic heterocycles. The Kier molecular flexibility index (Phi) is 5.28. The fourth-order valence-corrected chi connectivity index (χ4v) is 4.34. The zero-order chi connectivity index (χ0) is 17.0. The Balaban J connectivity index is 1.87. The minimum absolute atomic E-state index is 0.489. The van der Waals surface area contributed by atoms with Gasteiger partial charge in [-0.25, -0.2) is 0 Å². The minimum atomic E-state index is -3.56. The third-order valence-corrected chi connectivity index (χ3v) is 6.04. The van der Waals surface area contributed by atoms with Gasteiger partial charge in [-0.2, -0.15) is 17.4 Å². The summed E-state index contributed by atoms with van der Waals surface area (Å²) in [4.78, 5) is 4.35. The van der Waals surface area contributed by atoms with Crippen LogP contribution in [-0.4, -0.2) is 30.8 Å². The number of aromatic nitrogens is 1. The van der Waals surface area contributed by atoms with E-state index in [9.17, 15) is 8.42 Å². The second-order valence-corrected chi connectivity index (χ2v) is 8.00. The molecule has 2 heterocycles. The van der Waals surface area contributed by atoms with Crippen LogP contribution in [0.25, 0.3) is 0 Å². The number of piperidine rings is 1. The summed E-state index contributed by atoms with van der Waals surface area (Å²) in [6.45, 7) is 3.30. The average molecular weight is 345 g/mol. The van der Waals surface area contributed by atoms with Crippen LogP contribution >= 0.6 is 0 Å². The Morgan fingerprint density at radius 3 is 2.38 bits per heavy atom. The smallest absolute Gasteiger partial charge is 0.259 e. The van der Waals surface area contributed by atoms with Crippen molar-refractivity contribution in [2.24, 2.45) is 5.92 Å². The van der Waals surface area contributed by atoms with Crippen molar-refractivity contribution in [1.29, 1.82) is 0 Å². The molecule has 24 heavy (non-hydrogen) atoms. The van der Waals surface area contributed by atoms with Gasteiger partial charge in [0, 0.05) is 19.3 Å². The standard InChI is InChI=1S/C18H23N3O2S/c1-15-10-13-21(14-11-15)24(22,23)20-18(16-7-3-2-4-8-16)17-9-5-6-12-19-17/h2-9,12,15,18,20H,10-11,13-14H2,1H3/t18-/m0/s1. The molecule has 1 aromatic carbocycles. The molecule has 3 rings (SSSR count). The predicted molar refractivity (Wildman–Crippen MR) is 94.5 cm³/mol. The van der Waals surface area contributed by atoms with E-state index in [1.54, 1.807) is 10.5 Å². The number of nitrogens with zero attached hydrogens (tertiary/aromatic N) is 2. The number of hydrogen-bond acceptors (Lipinski definition) is 3. The van der Waals surface area contributed by atoms with Crippen LogP contribution in [0.3, 0.4) is 0 Å². The molecular formula is C18H23N3O2S. The summed E-state index contributed by atoms with van der Waals surface area (Å²) >= 11 is 0. The minimum Gasteiger partial charge on any atom is -0.259 e. The average Bonchev–Trinajstić information content (AvgIpc) is 2.62. The molecule has 0 bridgehead atoms. The number of benzene rings is 1. The van der Waals surface area contributed by atoms with Gasteiger partial charge in [0.1, 0.15) is 0 Å². The topological polar surface area (TPSA) is 62.3 Å². The van der Waals surface area contributed by atoms with E-state index in [-0.39, 0.29) is 0 Å². The van der Waals surface area contributed by atoms with Crippen molar-refractivity contribution in [1.82, 2.24) is 14.0 Å². The van der Waals surface area contributed by atoms with Crippen molar-refractivity contribution in [3.05, 3.63) is 66.0 Å². The van der Waals surface area contributed by atoms with Crippen molar-refractivity contribution in [2.75, 3.05) is 13.1 Å². The van der Waals surface area contributed by atoms with Crippen molar-refractivity contribution in [2.45, 2.75) is 25.8 Å². The monoisotopic (exact) mass is 345 g/mol. The fourth-order valence-electron chi connectivity index (χ4n) is 2.94. The highest BCUT2D eigenvalue weighted by Crippen LogP contribution is 2.24. The normalized spacial score (nSPS) is 18.4. The third kappa shape index (κ3) is 4.01. The molecular weight excluding hydrogens is 322 g/mol. The molecule has 0 spiro atoms. The molecule has 1 atom stereocenters. The maximum atomic E-state index is 12.8.